The summed E-state index contributed by atoms with van der Waals surface area (Å²) in [5, 5.41) is 3.13. The Hall–Kier alpha value is -4.41. The summed E-state index contributed by atoms with van der Waals surface area (Å²) in [5.74, 6) is -1.20. The molecular formula is C36H39ClFN3O5S. The Bertz CT molecular complexity index is 1800. The number of hydrogen-bond donors (Lipinski definition) is 1. The molecule has 0 spiro atoms. The highest BCUT2D eigenvalue weighted by Gasteiger charge is 2.35. The first kappa shape index (κ1) is 35.4. The number of hydrogen-bond acceptors (Lipinski definition) is 5. The Labute approximate surface area is 281 Å². The summed E-state index contributed by atoms with van der Waals surface area (Å²) in [6, 6.07) is 24.5. The van der Waals surface area contributed by atoms with Gasteiger partial charge >= 0.3 is 0 Å². The fourth-order valence-corrected chi connectivity index (χ4v) is 6.63. The van der Waals surface area contributed by atoms with E-state index >= 15 is 0 Å². The summed E-state index contributed by atoms with van der Waals surface area (Å²) < 4.78 is 48.5. The van der Waals surface area contributed by atoms with E-state index in [1.807, 2.05) is 58.0 Å². The summed E-state index contributed by atoms with van der Waals surface area (Å²) in [7, 11) is -2.87. The van der Waals surface area contributed by atoms with Gasteiger partial charge < -0.3 is 15.0 Å². The largest absolute Gasteiger partial charge is 0.495 e. The second-order valence-electron chi connectivity index (χ2n) is 12.2. The van der Waals surface area contributed by atoms with Gasteiger partial charge in [0.25, 0.3) is 10.0 Å². The zero-order valence-electron chi connectivity index (χ0n) is 27.0. The minimum atomic E-state index is -4.31. The number of ether oxygens (including phenoxy) is 1. The lowest BCUT2D eigenvalue weighted by Gasteiger charge is -2.35. The maximum Gasteiger partial charge on any atom is 0.264 e. The topological polar surface area (TPSA) is 96.0 Å². The summed E-state index contributed by atoms with van der Waals surface area (Å²) in [6.45, 7) is 6.59. The number of halogens is 2. The molecule has 1 N–H and O–H groups in total. The van der Waals surface area contributed by atoms with Gasteiger partial charge in [0.2, 0.25) is 11.8 Å². The molecule has 0 aromatic heterocycles. The van der Waals surface area contributed by atoms with Crippen LogP contribution in [0.3, 0.4) is 0 Å². The van der Waals surface area contributed by atoms with Gasteiger partial charge in [-0.05, 0) is 81.3 Å². The van der Waals surface area contributed by atoms with Crippen LogP contribution < -0.4 is 14.4 Å². The Balaban J connectivity index is 1.84. The van der Waals surface area contributed by atoms with Gasteiger partial charge in [0, 0.05) is 18.5 Å². The molecule has 47 heavy (non-hydrogen) atoms. The molecule has 0 saturated carbocycles. The van der Waals surface area contributed by atoms with Crippen molar-refractivity contribution in [3.05, 3.63) is 125 Å². The van der Waals surface area contributed by atoms with Crippen LogP contribution in [0.5, 0.6) is 5.75 Å². The third-order valence-electron chi connectivity index (χ3n) is 7.35. The molecule has 0 radical (unpaired) electrons. The molecule has 0 saturated heterocycles. The predicted molar refractivity (Wildman–Crippen MR) is 182 cm³/mol. The Morgan fingerprint density at radius 1 is 0.915 bits per heavy atom. The second kappa shape index (κ2) is 15.0. The van der Waals surface area contributed by atoms with Gasteiger partial charge in [-0.3, -0.25) is 13.9 Å². The lowest BCUT2D eigenvalue weighted by molar-refractivity contribution is -0.140. The van der Waals surface area contributed by atoms with Gasteiger partial charge in [-0.1, -0.05) is 71.8 Å². The van der Waals surface area contributed by atoms with Crippen molar-refractivity contribution < 1.29 is 27.1 Å². The van der Waals surface area contributed by atoms with Crippen molar-refractivity contribution in [2.24, 2.45) is 0 Å². The molecule has 0 fully saturated rings. The van der Waals surface area contributed by atoms with E-state index < -0.39 is 45.8 Å². The molecule has 0 unspecified atom stereocenters. The average molecular weight is 680 g/mol. The molecule has 4 rings (SSSR count). The highest BCUT2D eigenvalue weighted by atomic mass is 35.5. The molecule has 0 aliphatic rings. The van der Waals surface area contributed by atoms with Crippen molar-refractivity contribution in [1.29, 1.82) is 0 Å². The van der Waals surface area contributed by atoms with E-state index in [2.05, 4.69) is 5.32 Å². The Kier molecular flexibility index (Phi) is 11.3. The number of rotatable bonds is 12. The molecule has 248 valence electrons. The van der Waals surface area contributed by atoms with Crippen molar-refractivity contribution in [2.75, 3.05) is 18.0 Å². The van der Waals surface area contributed by atoms with Crippen LogP contribution >= 0.6 is 11.6 Å². The Morgan fingerprint density at radius 2 is 1.55 bits per heavy atom. The van der Waals surface area contributed by atoms with E-state index in [-0.39, 0.29) is 28.6 Å². The van der Waals surface area contributed by atoms with Gasteiger partial charge in [0.05, 0.1) is 22.7 Å². The lowest BCUT2D eigenvalue weighted by Crippen LogP contribution is -2.56. The molecule has 2 amide bonds. The van der Waals surface area contributed by atoms with Crippen molar-refractivity contribution in [3.63, 3.8) is 0 Å². The molecule has 0 bridgehead atoms. The lowest BCUT2D eigenvalue weighted by atomic mass is 10.0. The molecule has 8 nitrogen and oxygen atoms in total. The van der Waals surface area contributed by atoms with Gasteiger partial charge in [-0.2, -0.15) is 0 Å². The van der Waals surface area contributed by atoms with Crippen molar-refractivity contribution >= 4 is 39.1 Å². The number of nitrogens with one attached hydrogen (secondary N) is 1. The minimum absolute atomic E-state index is 0.0285. The van der Waals surface area contributed by atoms with Crippen LogP contribution in [0.25, 0.3) is 0 Å². The zero-order chi connectivity index (χ0) is 34.4. The van der Waals surface area contributed by atoms with Crippen LogP contribution in [0.4, 0.5) is 10.1 Å². The molecular weight excluding hydrogens is 641 g/mol. The molecule has 1 atom stereocenters. The second-order valence-corrected chi connectivity index (χ2v) is 14.5. The third kappa shape index (κ3) is 9.33. The van der Waals surface area contributed by atoms with Gasteiger partial charge in [-0.25, -0.2) is 12.8 Å². The van der Waals surface area contributed by atoms with Gasteiger partial charge in [0.15, 0.2) is 0 Å². The predicted octanol–water partition coefficient (Wildman–Crippen LogP) is 6.55. The van der Waals surface area contributed by atoms with Crippen LogP contribution in [-0.4, -0.2) is 50.4 Å². The van der Waals surface area contributed by atoms with E-state index in [0.29, 0.717) is 11.3 Å². The summed E-state index contributed by atoms with van der Waals surface area (Å²) in [6.07, 6.45) is 0.148. The van der Waals surface area contributed by atoms with Crippen molar-refractivity contribution in [2.45, 2.75) is 57.1 Å². The number of carbonyl (C=O) groups excluding carboxylic acids is 2. The van der Waals surface area contributed by atoms with Crippen LogP contribution in [0.1, 0.15) is 37.5 Å². The average Bonchev–Trinajstić information content (AvgIpc) is 3.02. The molecule has 4 aromatic rings. The standard InChI is InChI=1S/C36H39ClFN3O5S/c1-25-11-18-30(19-12-25)47(44,45)41(29-17-20-33(46-5)31(37)22-29)24-34(42)40(23-27-13-15-28(38)16-14-27)32(35(43)39-36(2,3)4)21-26-9-7-6-8-10-26/h6-20,22,32H,21,23-24H2,1-5H3,(H,39,43)/t32-/m1/s1. The number of sulfonamides is 1. The maximum absolute atomic E-state index is 14.5. The summed E-state index contributed by atoms with van der Waals surface area (Å²) in [4.78, 5) is 29.8. The first-order valence-corrected chi connectivity index (χ1v) is 16.8. The van der Waals surface area contributed by atoms with Crippen molar-refractivity contribution in [1.82, 2.24) is 10.2 Å². The normalized spacial score (nSPS) is 12.2. The number of aryl methyl sites for hydroxylation is 1. The fraction of sp³-hybridized carbons (Fsp3) is 0.278. The highest BCUT2D eigenvalue weighted by Crippen LogP contribution is 2.32. The number of methoxy groups -OCH3 is 1. The SMILES string of the molecule is COc1ccc(N(CC(=O)N(Cc2ccc(F)cc2)[C@H](Cc2ccccc2)C(=O)NC(C)(C)C)S(=O)(=O)c2ccc(C)cc2)cc1Cl. The fourth-order valence-electron chi connectivity index (χ4n) is 4.97. The van der Waals surface area contributed by atoms with Crippen LogP contribution in [0.15, 0.2) is 102 Å². The van der Waals surface area contributed by atoms with Gasteiger partial charge in [0.1, 0.15) is 24.2 Å². The van der Waals surface area contributed by atoms with Gasteiger partial charge in [-0.15, -0.1) is 0 Å². The van der Waals surface area contributed by atoms with Crippen molar-refractivity contribution in [3.8, 4) is 5.75 Å². The van der Waals surface area contributed by atoms with Crippen LogP contribution in [0, 0.1) is 12.7 Å². The summed E-state index contributed by atoms with van der Waals surface area (Å²) in [5.41, 5.74) is 1.71. The number of anilines is 1. The quantitative estimate of drug-likeness (QED) is 0.183. The molecule has 11 heteroatoms. The van der Waals surface area contributed by atoms with E-state index in [0.717, 1.165) is 15.4 Å². The third-order valence-corrected chi connectivity index (χ3v) is 9.43. The first-order valence-electron chi connectivity index (χ1n) is 15.0. The zero-order valence-corrected chi connectivity index (χ0v) is 28.6. The number of nitrogens with zero attached hydrogens (tertiary/aromatic N) is 2. The number of benzene rings is 4. The smallest absolute Gasteiger partial charge is 0.264 e. The highest BCUT2D eigenvalue weighted by molar-refractivity contribution is 7.92. The van der Waals surface area contributed by atoms with E-state index in [1.165, 1.54) is 66.6 Å². The van der Waals surface area contributed by atoms with E-state index in [1.54, 1.807) is 12.1 Å². The van der Waals surface area contributed by atoms with E-state index in [4.69, 9.17) is 16.3 Å². The maximum atomic E-state index is 14.5. The molecule has 0 heterocycles. The van der Waals surface area contributed by atoms with Crippen LogP contribution in [0.2, 0.25) is 5.02 Å². The molecule has 4 aromatic carbocycles. The monoisotopic (exact) mass is 679 g/mol. The first-order chi connectivity index (χ1) is 22.2. The number of carbonyl (C=O) groups is 2. The molecule has 0 aliphatic carbocycles. The van der Waals surface area contributed by atoms with E-state index in [9.17, 15) is 22.4 Å². The Morgan fingerprint density at radius 3 is 2.13 bits per heavy atom. The number of amides is 2. The minimum Gasteiger partial charge on any atom is -0.495 e. The molecule has 0 aliphatic heterocycles. The summed E-state index contributed by atoms with van der Waals surface area (Å²) >= 11 is 6.43. The van der Waals surface area contributed by atoms with Crippen LogP contribution in [-0.2, 0) is 32.6 Å².